The van der Waals surface area contributed by atoms with Gasteiger partial charge < -0.3 is 11.1 Å². The van der Waals surface area contributed by atoms with E-state index in [2.05, 4.69) is 10.0 Å². The summed E-state index contributed by atoms with van der Waals surface area (Å²) in [5.41, 5.74) is 8.13. The number of nitrogens with two attached hydrogens (primary N) is 1. The first kappa shape index (κ1) is 21.0. The van der Waals surface area contributed by atoms with Crippen LogP contribution in [0.25, 0.3) is 0 Å². The fraction of sp³-hybridized carbons (Fsp3) is 0.333. The molecule has 3 rings (SSSR count). The molecule has 0 saturated heterocycles. The van der Waals surface area contributed by atoms with Gasteiger partial charge in [0.05, 0.1) is 4.90 Å². The number of carbonyl (C=O) groups excluding carboxylic acids is 2. The highest BCUT2D eigenvalue weighted by Gasteiger charge is 2.27. The van der Waals surface area contributed by atoms with Crippen molar-refractivity contribution in [3.05, 3.63) is 65.2 Å². The lowest BCUT2D eigenvalue weighted by Crippen LogP contribution is -2.48. The van der Waals surface area contributed by atoms with E-state index in [4.69, 9.17) is 5.73 Å². The number of benzene rings is 2. The van der Waals surface area contributed by atoms with Crippen LogP contribution in [-0.2, 0) is 38.9 Å². The van der Waals surface area contributed by atoms with Crippen LogP contribution in [0.4, 0.5) is 0 Å². The quantitative estimate of drug-likeness (QED) is 0.567. The molecule has 0 unspecified atom stereocenters. The van der Waals surface area contributed by atoms with Crippen molar-refractivity contribution in [1.29, 1.82) is 0 Å². The maximum Gasteiger partial charge on any atom is 0.241 e. The van der Waals surface area contributed by atoms with E-state index in [1.54, 1.807) is 12.1 Å². The van der Waals surface area contributed by atoms with Crippen LogP contribution in [0, 0.1) is 0 Å². The van der Waals surface area contributed by atoms with Gasteiger partial charge in [-0.3, -0.25) is 9.59 Å². The third-order valence-electron chi connectivity index (χ3n) is 4.95. The Morgan fingerprint density at radius 1 is 1.03 bits per heavy atom. The number of carbonyl (C=O) groups is 2. The van der Waals surface area contributed by atoms with Crippen LogP contribution < -0.4 is 15.8 Å². The minimum Gasteiger partial charge on any atom is -0.370 e. The molecule has 0 saturated carbocycles. The van der Waals surface area contributed by atoms with Gasteiger partial charge in [-0.05, 0) is 54.5 Å². The highest BCUT2D eigenvalue weighted by atomic mass is 32.2. The number of fused-ring (bicyclic) bond motifs is 1. The number of hydrogen-bond donors (Lipinski definition) is 3. The molecule has 0 heterocycles. The maximum atomic E-state index is 13.0. The van der Waals surface area contributed by atoms with Gasteiger partial charge in [-0.25, -0.2) is 8.42 Å². The van der Waals surface area contributed by atoms with E-state index in [9.17, 15) is 18.0 Å². The van der Waals surface area contributed by atoms with Crippen LogP contribution >= 0.6 is 0 Å². The molecule has 7 nitrogen and oxygen atoms in total. The molecule has 1 atom stereocenters. The topological polar surface area (TPSA) is 118 Å². The molecule has 0 radical (unpaired) electrons. The molecule has 8 heteroatoms. The van der Waals surface area contributed by atoms with E-state index in [1.165, 1.54) is 5.56 Å². The molecule has 154 valence electrons. The Labute approximate surface area is 170 Å². The van der Waals surface area contributed by atoms with Gasteiger partial charge in [0, 0.05) is 13.0 Å². The Bertz CT molecular complexity index is 990. The van der Waals surface area contributed by atoms with E-state index in [1.807, 2.05) is 36.4 Å². The Balaban J connectivity index is 1.79. The molecule has 29 heavy (non-hydrogen) atoms. The van der Waals surface area contributed by atoms with E-state index in [0.717, 1.165) is 30.4 Å². The number of sulfonamides is 1. The average Bonchev–Trinajstić information content (AvgIpc) is 3.15. The fourth-order valence-corrected chi connectivity index (χ4v) is 4.69. The van der Waals surface area contributed by atoms with Gasteiger partial charge >= 0.3 is 0 Å². The zero-order valence-electron chi connectivity index (χ0n) is 16.1. The van der Waals surface area contributed by atoms with Gasteiger partial charge in [-0.1, -0.05) is 36.4 Å². The number of nitrogens with one attached hydrogen (secondary N) is 2. The lowest BCUT2D eigenvalue weighted by molar-refractivity contribution is -0.123. The van der Waals surface area contributed by atoms with Gasteiger partial charge in [-0.2, -0.15) is 4.72 Å². The van der Waals surface area contributed by atoms with Crippen molar-refractivity contribution < 1.29 is 18.0 Å². The maximum absolute atomic E-state index is 13.0. The smallest absolute Gasteiger partial charge is 0.241 e. The molecule has 1 aliphatic carbocycles. The standard InChI is InChI=1S/C21H25N3O4S/c22-20(25)11-12-23-21(26)19(13-15-5-2-1-3-6-15)24-29(27,28)18-10-9-16-7-4-8-17(16)14-18/h1-3,5-6,9-10,14,19,24H,4,7-8,11-13H2,(H2,22,25)(H,23,26)/t19-/m0/s1. The zero-order valence-corrected chi connectivity index (χ0v) is 16.9. The SMILES string of the molecule is NC(=O)CCNC(=O)[C@H](Cc1ccccc1)NS(=O)(=O)c1ccc2c(c1)CCC2. The van der Waals surface area contributed by atoms with Crippen LogP contribution in [-0.4, -0.2) is 32.8 Å². The number of primary amides is 1. The molecule has 0 aromatic heterocycles. The molecule has 0 fully saturated rings. The zero-order chi connectivity index (χ0) is 20.9. The minimum absolute atomic E-state index is 0.0125. The summed E-state index contributed by atoms with van der Waals surface area (Å²) in [5, 5.41) is 2.58. The Hall–Kier alpha value is -2.71. The number of rotatable bonds is 9. The fourth-order valence-electron chi connectivity index (χ4n) is 3.44. The van der Waals surface area contributed by atoms with Crippen molar-refractivity contribution in [3.63, 3.8) is 0 Å². The van der Waals surface area contributed by atoms with Gasteiger partial charge in [-0.15, -0.1) is 0 Å². The lowest BCUT2D eigenvalue weighted by Gasteiger charge is -2.19. The first-order chi connectivity index (χ1) is 13.8. The molecule has 1 aliphatic rings. The highest BCUT2D eigenvalue weighted by molar-refractivity contribution is 7.89. The van der Waals surface area contributed by atoms with Crippen molar-refractivity contribution in [2.24, 2.45) is 5.73 Å². The van der Waals surface area contributed by atoms with Crippen LogP contribution in [0.1, 0.15) is 29.5 Å². The van der Waals surface area contributed by atoms with Crippen molar-refractivity contribution in [1.82, 2.24) is 10.0 Å². The second-order valence-corrected chi connectivity index (χ2v) is 8.87. The molecule has 0 aliphatic heterocycles. The normalized spacial score (nSPS) is 14.2. The summed E-state index contributed by atoms with van der Waals surface area (Å²) in [6.07, 6.45) is 3.02. The second-order valence-electron chi connectivity index (χ2n) is 7.16. The number of amides is 2. The van der Waals surface area contributed by atoms with E-state index in [0.29, 0.717) is 0 Å². The summed E-state index contributed by atoms with van der Waals surface area (Å²) in [5.74, 6) is -1.04. The molecule has 4 N–H and O–H groups in total. The van der Waals surface area contributed by atoms with Crippen molar-refractivity contribution in [2.45, 2.75) is 43.0 Å². The summed E-state index contributed by atoms with van der Waals surface area (Å²) in [4.78, 5) is 23.7. The largest absolute Gasteiger partial charge is 0.370 e. The predicted molar refractivity (Wildman–Crippen MR) is 110 cm³/mol. The van der Waals surface area contributed by atoms with E-state index in [-0.39, 0.29) is 24.3 Å². The molecule has 2 aromatic rings. The highest BCUT2D eigenvalue weighted by Crippen LogP contribution is 2.24. The molecule has 0 spiro atoms. The molecule has 0 bridgehead atoms. The summed E-state index contributed by atoms with van der Waals surface area (Å²) in [6, 6.07) is 13.3. The van der Waals surface area contributed by atoms with Crippen LogP contribution in [0.5, 0.6) is 0 Å². The molecular weight excluding hydrogens is 390 g/mol. The first-order valence-corrected chi connectivity index (χ1v) is 11.1. The summed E-state index contributed by atoms with van der Waals surface area (Å²) >= 11 is 0. The van der Waals surface area contributed by atoms with Gasteiger partial charge in [0.1, 0.15) is 6.04 Å². The Kier molecular flexibility index (Phi) is 6.66. The van der Waals surface area contributed by atoms with E-state index < -0.39 is 27.9 Å². The van der Waals surface area contributed by atoms with Crippen LogP contribution in [0.3, 0.4) is 0 Å². The minimum atomic E-state index is -3.89. The van der Waals surface area contributed by atoms with Crippen molar-refractivity contribution in [2.75, 3.05) is 6.54 Å². The second kappa shape index (κ2) is 9.19. The number of hydrogen-bond acceptors (Lipinski definition) is 4. The summed E-state index contributed by atoms with van der Waals surface area (Å²) in [7, 11) is -3.89. The van der Waals surface area contributed by atoms with Crippen LogP contribution in [0.2, 0.25) is 0 Å². The molecule has 2 amide bonds. The number of aryl methyl sites for hydroxylation is 2. The molecular formula is C21H25N3O4S. The lowest BCUT2D eigenvalue weighted by atomic mass is 10.1. The third kappa shape index (κ3) is 5.65. The van der Waals surface area contributed by atoms with Crippen molar-refractivity contribution in [3.8, 4) is 0 Å². The molecule has 2 aromatic carbocycles. The summed E-state index contributed by atoms with van der Waals surface area (Å²) < 4.78 is 28.4. The Morgan fingerprint density at radius 3 is 2.48 bits per heavy atom. The van der Waals surface area contributed by atoms with Crippen molar-refractivity contribution >= 4 is 21.8 Å². The van der Waals surface area contributed by atoms with Gasteiger partial charge in [0.15, 0.2) is 0 Å². The summed E-state index contributed by atoms with van der Waals surface area (Å²) in [6.45, 7) is 0.0556. The van der Waals surface area contributed by atoms with Crippen LogP contribution in [0.15, 0.2) is 53.4 Å². The van der Waals surface area contributed by atoms with Gasteiger partial charge in [0.2, 0.25) is 21.8 Å². The average molecular weight is 416 g/mol. The first-order valence-electron chi connectivity index (χ1n) is 9.59. The van der Waals surface area contributed by atoms with E-state index >= 15 is 0 Å². The Morgan fingerprint density at radius 2 is 1.76 bits per heavy atom. The predicted octanol–water partition coefficient (Wildman–Crippen LogP) is 1.06. The van der Waals surface area contributed by atoms with Gasteiger partial charge in [0.25, 0.3) is 0 Å². The third-order valence-corrected chi connectivity index (χ3v) is 6.42. The monoisotopic (exact) mass is 415 g/mol.